The Morgan fingerprint density at radius 2 is 2.23 bits per heavy atom. The van der Waals surface area contributed by atoms with Gasteiger partial charge in [0.1, 0.15) is 18.0 Å². The summed E-state index contributed by atoms with van der Waals surface area (Å²) in [6, 6.07) is 5.24. The minimum atomic E-state index is -0.475. The van der Waals surface area contributed by atoms with E-state index in [1.165, 1.54) is 29.5 Å². The van der Waals surface area contributed by atoms with Crippen molar-refractivity contribution in [3.63, 3.8) is 0 Å². The molecule has 31 heavy (non-hydrogen) atoms. The predicted molar refractivity (Wildman–Crippen MR) is 118 cm³/mol. The standard InChI is InChI=1S/C21H23N5O4S/c1-12-4-7-15-17(8-12)31-20-19(15)21(28)26(25-24-20)11-18(27)23-22-10-13-5-6-14(29-2)9-16(13)30-3/h5-6,9-10,12H,4,7-8,11H2,1-3H3,(H,23,27)/b22-10-. The number of benzene rings is 1. The van der Waals surface area contributed by atoms with Gasteiger partial charge in [-0.1, -0.05) is 12.1 Å². The normalized spacial score (nSPS) is 15.8. The molecule has 1 N–H and O–H groups in total. The molecule has 4 rings (SSSR count). The number of carbonyl (C=O) groups excluding carboxylic acids is 1. The number of thiophene rings is 1. The number of ether oxygens (including phenoxy) is 2. The van der Waals surface area contributed by atoms with E-state index in [1.54, 1.807) is 25.3 Å². The second-order valence-corrected chi connectivity index (χ2v) is 8.57. The highest BCUT2D eigenvalue weighted by atomic mass is 32.1. The largest absolute Gasteiger partial charge is 0.497 e. The van der Waals surface area contributed by atoms with Crippen LogP contribution in [0.25, 0.3) is 10.2 Å². The number of hydrogen-bond donors (Lipinski definition) is 1. The van der Waals surface area contributed by atoms with Crippen LogP contribution in [-0.4, -0.2) is 41.3 Å². The fraction of sp³-hybridized carbons (Fsp3) is 0.381. The van der Waals surface area contributed by atoms with Gasteiger partial charge in [-0.25, -0.2) is 10.1 Å². The number of aromatic nitrogens is 3. The first-order valence-corrected chi connectivity index (χ1v) is 10.7. The molecular formula is C21H23N5O4S. The molecular weight excluding hydrogens is 418 g/mol. The van der Waals surface area contributed by atoms with E-state index < -0.39 is 5.91 Å². The maximum Gasteiger partial charge on any atom is 0.279 e. The van der Waals surface area contributed by atoms with Crippen molar-refractivity contribution in [2.24, 2.45) is 11.0 Å². The van der Waals surface area contributed by atoms with Gasteiger partial charge in [-0.3, -0.25) is 9.59 Å². The lowest BCUT2D eigenvalue weighted by Crippen LogP contribution is -2.32. The van der Waals surface area contributed by atoms with Crippen LogP contribution in [-0.2, 0) is 24.2 Å². The number of hydrazone groups is 1. The summed E-state index contributed by atoms with van der Waals surface area (Å²) in [5, 5.41) is 12.7. The van der Waals surface area contributed by atoms with Crippen LogP contribution in [0.4, 0.5) is 0 Å². The topological polar surface area (TPSA) is 108 Å². The van der Waals surface area contributed by atoms with Crippen LogP contribution in [0.2, 0.25) is 0 Å². The van der Waals surface area contributed by atoms with E-state index in [1.807, 2.05) is 0 Å². The average molecular weight is 442 g/mol. The lowest BCUT2D eigenvalue weighted by molar-refractivity contribution is -0.121. The van der Waals surface area contributed by atoms with E-state index >= 15 is 0 Å². The molecule has 0 radical (unpaired) electrons. The number of methoxy groups -OCH3 is 2. The van der Waals surface area contributed by atoms with Crippen molar-refractivity contribution in [3.05, 3.63) is 44.6 Å². The molecule has 1 amide bonds. The Labute approximate surface area is 182 Å². The Morgan fingerprint density at radius 1 is 1.39 bits per heavy atom. The predicted octanol–water partition coefficient (Wildman–Crippen LogP) is 2.15. The van der Waals surface area contributed by atoms with Crippen LogP contribution in [0.15, 0.2) is 28.1 Å². The first-order chi connectivity index (χ1) is 15.0. The van der Waals surface area contributed by atoms with Crippen LogP contribution < -0.4 is 20.5 Å². The van der Waals surface area contributed by atoms with Crippen molar-refractivity contribution in [1.82, 2.24) is 20.4 Å². The summed E-state index contributed by atoms with van der Waals surface area (Å²) in [6.07, 6.45) is 4.33. The zero-order chi connectivity index (χ0) is 22.0. The van der Waals surface area contributed by atoms with Crippen molar-refractivity contribution in [3.8, 4) is 11.5 Å². The molecule has 0 spiro atoms. The van der Waals surface area contributed by atoms with Gasteiger partial charge in [0.25, 0.3) is 11.5 Å². The van der Waals surface area contributed by atoms with Crippen LogP contribution in [0.5, 0.6) is 11.5 Å². The van der Waals surface area contributed by atoms with Gasteiger partial charge in [0.05, 0.1) is 25.8 Å². The smallest absolute Gasteiger partial charge is 0.279 e. The molecule has 10 heteroatoms. The molecule has 1 aromatic carbocycles. The van der Waals surface area contributed by atoms with E-state index in [-0.39, 0.29) is 12.1 Å². The Kier molecular flexibility index (Phi) is 5.99. The van der Waals surface area contributed by atoms with Crippen molar-refractivity contribution in [1.29, 1.82) is 0 Å². The van der Waals surface area contributed by atoms with Crippen LogP contribution in [0.1, 0.15) is 29.3 Å². The zero-order valence-electron chi connectivity index (χ0n) is 17.5. The second kappa shape index (κ2) is 8.84. The Morgan fingerprint density at radius 3 is 3.00 bits per heavy atom. The maximum atomic E-state index is 12.9. The Hall–Kier alpha value is -3.27. The third kappa shape index (κ3) is 4.29. The van der Waals surface area contributed by atoms with Gasteiger partial charge < -0.3 is 9.47 Å². The van der Waals surface area contributed by atoms with Gasteiger partial charge in [-0.15, -0.1) is 16.4 Å². The van der Waals surface area contributed by atoms with E-state index in [0.717, 1.165) is 29.5 Å². The molecule has 0 saturated carbocycles. The fourth-order valence-electron chi connectivity index (χ4n) is 3.67. The summed E-state index contributed by atoms with van der Waals surface area (Å²) in [7, 11) is 3.10. The lowest BCUT2D eigenvalue weighted by atomic mass is 9.89. The van der Waals surface area contributed by atoms with Crippen LogP contribution in [0, 0.1) is 5.92 Å². The molecule has 0 aliphatic heterocycles. The first kappa shape index (κ1) is 21.0. The SMILES string of the molecule is COc1ccc(/C=N\NC(=O)Cn2nnc3sc4c(c3c2=O)CCC(C)C4)c(OC)c1. The number of aryl methyl sites for hydroxylation is 1. The monoisotopic (exact) mass is 441 g/mol. The molecule has 1 aliphatic rings. The molecule has 3 aromatic rings. The summed E-state index contributed by atoms with van der Waals surface area (Å²) in [4.78, 5) is 27.1. The van der Waals surface area contributed by atoms with Gasteiger partial charge in [0.15, 0.2) is 4.83 Å². The zero-order valence-corrected chi connectivity index (χ0v) is 18.4. The molecule has 2 heterocycles. The fourth-order valence-corrected chi connectivity index (χ4v) is 4.98. The molecule has 9 nitrogen and oxygen atoms in total. The van der Waals surface area contributed by atoms with Crippen molar-refractivity contribution in [2.75, 3.05) is 14.2 Å². The lowest BCUT2D eigenvalue weighted by Gasteiger charge is -2.17. The van der Waals surface area contributed by atoms with Crippen molar-refractivity contribution < 1.29 is 14.3 Å². The molecule has 0 bridgehead atoms. The highest BCUT2D eigenvalue weighted by molar-refractivity contribution is 7.18. The van der Waals surface area contributed by atoms with Gasteiger partial charge in [0.2, 0.25) is 0 Å². The summed E-state index contributed by atoms with van der Waals surface area (Å²) in [5.74, 6) is 1.33. The summed E-state index contributed by atoms with van der Waals surface area (Å²) >= 11 is 1.53. The van der Waals surface area contributed by atoms with Crippen molar-refractivity contribution in [2.45, 2.75) is 32.7 Å². The molecule has 0 saturated heterocycles. The first-order valence-electron chi connectivity index (χ1n) is 9.92. The van der Waals surface area contributed by atoms with Gasteiger partial charge >= 0.3 is 0 Å². The number of rotatable bonds is 6. The van der Waals surface area contributed by atoms with Gasteiger partial charge in [0, 0.05) is 16.5 Å². The van der Waals surface area contributed by atoms with Crippen molar-refractivity contribution >= 4 is 33.7 Å². The Balaban J connectivity index is 1.48. The van der Waals surface area contributed by atoms with Gasteiger partial charge in [-0.05, 0) is 42.9 Å². The highest BCUT2D eigenvalue weighted by Gasteiger charge is 2.24. The van der Waals surface area contributed by atoms with E-state index in [9.17, 15) is 9.59 Å². The highest BCUT2D eigenvalue weighted by Crippen LogP contribution is 2.35. The van der Waals surface area contributed by atoms with E-state index in [4.69, 9.17) is 9.47 Å². The average Bonchev–Trinajstić information content (AvgIpc) is 3.14. The van der Waals surface area contributed by atoms with E-state index in [2.05, 4.69) is 27.8 Å². The molecule has 1 unspecified atom stereocenters. The number of fused-ring (bicyclic) bond motifs is 3. The van der Waals surface area contributed by atoms with Gasteiger partial charge in [-0.2, -0.15) is 5.10 Å². The summed E-state index contributed by atoms with van der Waals surface area (Å²) in [5.41, 5.74) is 3.87. The minimum Gasteiger partial charge on any atom is -0.497 e. The molecule has 1 atom stereocenters. The summed E-state index contributed by atoms with van der Waals surface area (Å²) in [6.45, 7) is 1.95. The minimum absolute atomic E-state index is 0.264. The number of hydrogen-bond acceptors (Lipinski definition) is 8. The number of nitrogens with zero attached hydrogens (tertiary/aromatic N) is 4. The number of carbonyl (C=O) groups is 1. The Bertz CT molecular complexity index is 1220. The molecule has 1 aliphatic carbocycles. The van der Waals surface area contributed by atoms with Crippen LogP contribution in [0.3, 0.4) is 0 Å². The van der Waals surface area contributed by atoms with Crippen LogP contribution >= 0.6 is 11.3 Å². The second-order valence-electron chi connectivity index (χ2n) is 7.49. The maximum absolute atomic E-state index is 12.9. The summed E-state index contributed by atoms with van der Waals surface area (Å²) < 4.78 is 11.5. The number of nitrogens with one attached hydrogen (secondary N) is 1. The number of amides is 1. The molecule has 0 fully saturated rings. The van der Waals surface area contributed by atoms with E-state index in [0.29, 0.717) is 33.2 Å². The third-order valence-electron chi connectivity index (χ3n) is 5.31. The quantitative estimate of drug-likeness (QED) is 0.464. The third-order valence-corrected chi connectivity index (χ3v) is 6.45. The molecule has 2 aromatic heterocycles. The molecule has 162 valence electrons.